The SMILES string of the molecule is O=c1[nH]c(C2CCC2CO)nc2c1cnn2C1CCC(F)(F)CC1. The third-order valence-electron chi connectivity index (χ3n) is 5.52. The molecule has 2 fully saturated rings. The number of aliphatic hydroxyl groups excluding tert-OH is 1. The fourth-order valence-electron chi connectivity index (χ4n) is 3.81. The predicted octanol–water partition coefficient (Wildman–Crippen LogP) is 2.36. The first-order valence-corrected chi connectivity index (χ1v) is 8.44. The fraction of sp³-hybridized carbons (Fsp3) is 0.688. The van der Waals surface area contributed by atoms with E-state index in [2.05, 4.69) is 15.1 Å². The molecule has 6 nitrogen and oxygen atoms in total. The molecule has 2 aromatic heterocycles. The molecule has 2 N–H and O–H groups in total. The van der Waals surface area contributed by atoms with Crippen LogP contribution in [-0.4, -0.2) is 37.4 Å². The average Bonchev–Trinajstić information content (AvgIpc) is 2.91. The van der Waals surface area contributed by atoms with Crippen molar-refractivity contribution in [3.63, 3.8) is 0 Å². The van der Waals surface area contributed by atoms with Crippen molar-refractivity contribution in [3.8, 4) is 0 Å². The van der Waals surface area contributed by atoms with Gasteiger partial charge >= 0.3 is 0 Å². The third-order valence-corrected chi connectivity index (χ3v) is 5.52. The summed E-state index contributed by atoms with van der Waals surface area (Å²) in [6, 6.07) is -0.153. The zero-order valence-electron chi connectivity index (χ0n) is 13.2. The lowest BCUT2D eigenvalue weighted by Gasteiger charge is -2.34. The van der Waals surface area contributed by atoms with Gasteiger partial charge < -0.3 is 10.1 Å². The Morgan fingerprint density at radius 3 is 2.67 bits per heavy atom. The van der Waals surface area contributed by atoms with Gasteiger partial charge in [-0.25, -0.2) is 18.4 Å². The molecule has 2 saturated carbocycles. The van der Waals surface area contributed by atoms with Gasteiger partial charge in [0.2, 0.25) is 5.92 Å². The Morgan fingerprint density at radius 2 is 2.04 bits per heavy atom. The molecule has 2 heterocycles. The summed E-state index contributed by atoms with van der Waals surface area (Å²) in [6.07, 6.45) is 3.59. The molecule has 2 atom stereocenters. The van der Waals surface area contributed by atoms with E-state index in [0.717, 1.165) is 12.8 Å². The lowest BCUT2D eigenvalue weighted by atomic mass is 9.73. The molecule has 130 valence electrons. The Kier molecular flexibility index (Phi) is 3.67. The predicted molar refractivity (Wildman–Crippen MR) is 83.2 cm³/mol. The lowest BCUT2D eigenvalue weighted by Crippen LogP contribution is -2.30. The van der Waals surface area contributed by atoms with Gasteiger partial charge in [0.05, 0.1) is 12.2 Å². The molecule has 0 radical (unpaired) electrons. The number of hydrogen-bond acceptors (Lipinski definition) is 4. The quantitative estimate of drug-likeness (QED) is 0.900. The molecule has 0 amide bonds. The van der Waals surface area contributed by atoms with Crippen LogP contribution in [0.25, 0.3) is 11.0 Å². The van der Waals surface area contributed by atoms with Crippen LogP contribution in [0.2, 0.25) is 0 Å². The summed E-state index contributed by atoms with van der Waals surface area (Å²) >= 11 is 0. The number of H-pyrrole nitrogens is 1. The van der Waals surface area contributed by atoms with Crippen molar-refractivity contribution in [1.82, 2.24) is 19.7 Å². The molecule has 2 aliphatic carbocycles. The standard InChI is InChI=1S/C16H20F2N4O2/c17-16(18)5-3-10(4-6-16)22-14-12(7-19-22)15(24)21-13(20-14)11-2-1-9(11)8-23/h7,9-11,23H,1-6,8H2,(H,20,21,24). The molecule has 0 spiro atoms. The number of alkyl halides is 2. The largest absolute Gasteiger partial charge is 0.396 e. The first-order valence-electron chi connectivity index (χ1n) is 8.44. The molecule has 2 aromatic rings. The smallest absolute Gasteiger partial charge is 0.262 e. The minimum absolute atomic E-state index is 0.0474. The van der Waals surface area contributed by atoms with Gasteiger partial charge in [-0.05, 0) is 31.6 Å². The monoisotopic (exact) mass is 338 g/mol. The Balaban J connectivity index is 1.70. The van der Waals surface area contributed by atoms with Crippen LogP contribution in [0.15, 0.2) is 11.0 Å². The molecule has 0 bridgehead atoms. The number of nitrogens with one attached hydrogen (secondary N) is 1. The van der Waals surface area contributed by atoms with E-state index in [9.17, 15) is 18.7 Å². The Bertz CT molecular complexity index is 804. The molecular weight excluding hydrogens is 318 g/mol. The summed E-state index contributed by atoms with van der Waals surface area (Å²) in [7, 11) is 0. The second-order valence-corrected chi connectivity index (χ2v) is 6.99. The highest BCUT2D eigenvalue weighted by Crippen LogP contribution is 2.41. The van der Waals surface area contributed by atoms with Gasteiger partial charge in [0.15, 0.2) is 5.65 Å². The maximum absolute atomic E-state index is 13.4. The van der Waals surface area contributed by atoms with Crippen molar-refractivity contribution in [1.29, 1.82) is 0 Å². The molecule has 8 heteroatoms. The first kappa shape index (κ1) is 15.7. The second-order valence-electron chi connectivity index (χ2n) is 6.99. The van der Waals surface area contributed by atoms with Crippen LogP contribution in [0.3, 0.4) is 0 Å². The zero-order chi connectivity index (χ0) is 16.9. The molecule has 0 aromatic carbocycles. The van der Waals surface area contributed by atoms with Crippen molar-refractivity contribution in [2.75, 3.05) is 6.61 Å². The summed E-state index contributed by atoms with van der Waals surface area (Å²) in [5.74, 6) is -1.86. The maximum Gasteiger partial charge on any atom is 0.262 e. The van der Waals surface area contributed by atoms with Crippen LogP contribution < -0.4 is 5.56 Å². The van der Waals surface area contributed by atoms with Gasteiger partial charge in [-0.15, -0.1) is 0 Å². The molecule has 2 unspecified atom stereocenters. The summed E-state index contributed by atoms with van der Waals surface area (Å²) in [5.41, 5.74) is 0.207. The lowest BCUT2D eigenvalue weighted by molar-refractivity contribution is -0.0446. The molecule has 0 aliphatic heterocycles. The normalized spacial score (nSPS) is 27.3. The molecule has 24 heavy (non-hydrogen) atoms. The summed E-state index contributed by atoms with van der Waals surface area (Å²) in [6.45, 7) is 0.0728. The van der Waals surface area contributed by atoms with E-state index in [1.54, 1.807) is 4.68 Å². The summed E-state index contributed by atoms with van der Waals surface area (Å²) in [5, 5.41) is 14.0. The molecule has 0 saturated heterocycles. The number of fused-ring (bicyclic) bond motifs is 1. The fourth-order valence-corrected chi connectivity index (χ4v) is 3.81. The van der Waals surface area contributed by atoms with E-state index >= 15 is 0 Å². The number of nitrogens with zero attached hydrogens (tertiary/aromatic N) is 3. The van der Waals surface area contributed by atoms with Gasteiger partial charge in [-0.2, -0.15) is 5.10 Å². The highest BCUT2D eigenvalue weighted by molar-refractivity contribution is 5.73. The van der Waals surface area contributed by atoms with Crippen LogP contribution >= 0.6 is 0 Å². The van der Waals surface area contributed by atoms with Gasteiger partial charge in [0.25, 0.3) is 5.56 Å². The molecule has 4 rings (SSSR count). The number of aromatic nitrogens is 4. The minimum atomic E-state index is -2.60. The van der Waals surface area contributed by atoms with Crippen LogP contribution in [0.4, 0.5) is 8.78 Å². The number of hydrogen-bond donors (Lipinski definition) is 2. The van der Waals surface area contributed by atoms with E-state index in [0.29, 0.717) is 29.7 Å². The van der Waals surface area contributed by atoms with Crippen LogP contribution in [0.1, 0.15) is 56.3 Å². The van der Waals surface area contributed by atoms with Crippen molar-refractivity contribution >= 4 is 11.0 Å². The number of aromatic amines is 1. The second kappa shape index (κ2) is 5.61. The first-order chi connectivity index (χ1) is 11.5. The van der Waals surface area contributed by atoms with E-state index in [1.807, 2.05) is 0 Å². The Hall–Kier alpha value is -1.83. The van der Waals surface area contributed by atoms with E-state index in [-0.39, 0.29) is 42.9 Å². The van der Waals surface area contributed by atoms with Gasteiger partial charge in [0, 0.05) is 25.4 Å². The van der Waals surface area contributed by atoms with Crippen LogP contribution in [0, 0.1) is 5.92 Å². The summed E-state index contributed by atoms with van der Waals surface area (Å²) in [4.78, 5) is 19.7. The van der Waals surface area contributed by atoms with Gasteiger partial charge in [-0.1, -0.05) is 0 Å². The molecule has 2 aliphatic rings. The Labute approximate surface area is 136 Å². The van der Waals surface area contributed by atoms with E-state index < -0.39 is 5.92 Å². The number of aliphatic hydroxyl groups is 1. The highest BCUT2D eigenvalue weighted by atomic mass is 19.3. The zero-order valence-corrected chi connectivity index (χ0v) is 13.2. The molecular formula is C16H20F2N4O2. The number of halogens is 2. The Morgan fingerprint density at radius 1 is 1.29 bits per heavy atom. The van der Waals surface area contributed by atoms with Crippen molar-refractivity contribution in [3.05, 3.63) is 22.4 Å². The van der Waals surface area contributed by atoms with Crippen molar-refractivity contribution in [2.24, 2.45) is 5.92 Å². The average molecular weight is 338 g/mol. The van der Waals surface area contributed by atoms with Crippen molar-refractivity contribution < 1.29 is 13.9 Å². The van der Waals surface area contributed by atoms with Crippen LogP contribution in [-0.2, 0) is 0 Å². The topological polar surface area (TPSA) is 83.8 Å². The van der Waals surface area contributed by atoms with E-state index in [4.69, 9.17) is 0 Å². The summed E-state index contributed by atoms with van der Waals surface area (Å²) < 4.78 is 28.4. The third kappa shape index (κ3) is 2.53. The number of rotatable bonds is 3. The highest BCUT2D eigenvalue weighted by Gasteiger charge is 2.37. The van der Waals surface area contributed by atoms with Crippen molar-refractivity contribution in [2.45, 2.75) is 56.4 Å². The van der Waals surface area contributed by atoms with Crippen LogP contribution in [0.5, 0.6) is 0 Å². The maximum atomic E-state index is 13.4. The van der Waals surface area contributed by atoms with Gasteiger partial charge in [0.1, 0.15) is 11.2 Å². The van der Waals surface area contributed by atoms with E-state index in [1.165, 1.54) is 6.20 Å². The minimum Gasteiger partial charge on any atom is -0.396 e. The van der Waals surface area contributed by atoms with Gasteiger partial charge in [-0.3, -0.25) is 4.79 Å².